The van der Waals surface area contributed by atoms with Crippen LogP contribution in [0.15, 0.2) is 30.3 Å². The Kier molecular flexibility index (Phi) is 4.87. The average Bonchev–Trinajstić information content (AvgIpc) is 2.74. The molecule has 1 aromatic carbocycles. The third-order valence-electron chi connectivity index (χ3n) is 3.25. The second kappa shape index (κ2) is 6.63. The fourth-order valence-corrected chi connectivity index (χ4v) is 2.99. The number of thiophene rings is 1. The molecule has 1 N–H and O–H groups in total. The SMILES string of the molecule is Cc1cc(CNCCc2ccc([N+](=O)[O-])cc2)sc1C. The molecule has 106 valence electrons. The highest BCUT2D eigenvalue weighted by molar-refractivity contribution is 7.12. The molecule has 0 fully saturated rings. The molecule has 0 radical (unpaired) electrons. The summed E-state index contributed by atoms with van der Waals surface area (Å²) in [6, 6.07) is 8.97. The Balaban J connectivity index is 1.77. The van der Waals surface area contributed by atoms with Gasteiger partial charge in [-0.2, -0.15) is 0 Å². The van der Waals surface area contributed by atoms with Crippen LogP contribution in [0.1, 0.15) is 20.9 Å². The molecule has 0 saturated carbocycles. The van der Waals surface area contributed by atoms with Crippen LogP contribution in [0.4, 0.5) is 5.69 Å². The lowest BCUT2D eigenvalue weighted by molar-refractivity contribution is -0.384. The number of hydrogen-bond acceptors (Lipinski definition) is 4. The largest absolute Gasteiger partial charge is 0.312 e. The summed E-state index contributed by atoms with van der Waals surface area (Å²) in [7, 11) is 0. The lowest BCUT2D eigenvalue weighted by atomic mass is 10.1. The number of rotatable bonds is 6. The molecule has 1 heterocycles. The zero-order valence-corrected chi connectivity index (χ0v) is 12.5. The van der Waals surface area contributed by atoms with E-state index in [2.05, 4.69) is 25.2 Å². The predicted molar refractivity (Wildman–Crippen MR) is 82.3 cm³/mol. The van der Waals surface area contributed by atoms with Gasteiger partial charge in [0.15, 0.2) is 0 Å². The van der Waals surface area contributed by atoms with Gasteiger partial charge in [-0.1, -0.05) is 12.1 Å². The molecule has 0 aliphatic heterocycles. The highest BCUT2D eigenvalue weighted by Gasteiger charge is 2.04. The van der Waals surface area contributed by atoms with E-state index in [1.54, 1.807) is 12.1 Å². The van der Waals surface area contributed by atoms with Crippen LogP contribution in [0, 0.1) is 24.0 Å². The first kappa shape index (κ1) is 14.7. The molecule has 0 atom stereocenters. The van der Waals surface area contributed by atoms with Crippen molar-refractivity contribution >= 4 is 17.0 Å². The summed E-state index contributed by atoms with van der Waals surface area (Å²) in [6.45, 7) is 6.02. The lowest BCUT2D eigenvalue weighted by Gasteiger charge is -2.03. The van der Waals surface area contributed by atoms with E-state index in [-0.39, 0.29) is 10.6 Å². The zero-order valence-electron chi connectivity index (χ0n) is 11.7. The number of non-ortho nitro benzene ring substituents is 1. The zero-order chi connectivity index (χ0) is 14.5. The molecule has 0 amide bonds. The van der Waals surface area contributed by atoms with Gasteiger partial charge in [-0.05, 0) is 44.0 Å². The van der Waals surface area contributed by atoms with Crippen molar-refractivity contribution in [1.29, 1.82) is 0 Å². The summed E-state index contributed by atoms with van der Waals surface area (Å²) in [4.78, 5) is 12.9. The van der Waals surface area contributed by atoms with Crippen molar-refractivity contribution in [2.75, 3.05) is 6.54 Å². The standard InChI is InChI=1S/C15H18N2O2S/c1-11-9-15(20-12(11)2)10-16-8-7-13-3-5-14(6-4-13)17(18)19/h3-6,9,16H,7-8,10H2,1-2H3. The van der Waals surface area contributed by atoms with Gasteiger partial charge in [0, 0.05) is 28.4 Å². The summed E-state index contributed by atoms with van der Waals surface area (Å²) in [5.41, 5.74) is 2.61. The van der Waals surface area contributed by atoms with Crippen molar-refractivity contribution in [2.45, 2.75) is 26.8 Å². The minimum Gasteiger partial charge on any atom is -0.312 e. The van der Waals surface area contributed by atoms with E-state index in [0.717, 1.165) is 25.1 Å². The molecular formula is C15H18N2O2S. The van der Waals surface area contributed by atoms with Crippen molar-refractivity contribution < 1.29 is 4.92 Å². The number of nitrogens with zero attached hydrogens (tertiary/aromatic N) is 1. The second-order valence-corrected chi connectivity index (χ2v) is 6.14. The van der Waals surface area contributed by atoms with Gasteiger partial charge in [-0.3, -0.25) is 10.1 Å². The maximum atomic E-state index is 10.6. The molecular weight excluding hydrogens is 272 g/mol. The molecule has 5 heteroatoms. The van der Waals surface area contributed by atoms with Gasteiger partial charge in [0.05, 0.1) is 4.92 Å². The topological polar surface area (TPSA) is 55.2 Å². The molecule has 2 aromatic rings. The number of benzene rings is 1. The highest BCUT2D eigenvalue weighted by Crippen LogP contribution is 2.20. The minimum atomic E-state index is -0.372. The quantitative estimate of drug-likeness (QED) is 0.502. The first-order valence-electron chi connectivity index (χ1n) is 6.56. The first-order chi connectivity index (χ1) is 9.56. The number of aryl methyl sites for hydroxylation is 2. The molecule has 2 rings (SSSR count). The molecule has 0 aliphatic rings. The molecule has 0 unspecified atom stereocenters. The molecule has 4 nitrogen and oxygen atoms in total. The summed E-state index contributed by atoms with van der Waals surface area (Å²) in [5, 5.41) is 14.0. The van der Waals surface area contributed by atoms with E-state index >= 15 is 0 Å². The van der Waals surface area contributed by atoms with Crippen LogP contribution in [0.5, 0.6) is 0 Å². The molecule has 0 saturated heterocycles. The third kappa shape index (κ3) is 3.88. The van der Waals surface area contributed by atoms with Gasteiger partial charge in [0.1, 0.15) is 0 Å². The van der Waals surface area contributed by atoms with Crippen molar-refractivity contribution in [3.05, 3.63) is 61.3 Å². The Bertz CT molecular complexity index is 571. The summed E-state index contributed by atoms with van der Waals surface area (Å²) in [5.74, 6) is 0. The average molecular weight is 290 g/mol. The monoisotopic (exact) mass is 290 g/mol. The molecule has 0 aliphatic carbocycles. The van der Waals surface area contributed by atoms with E-state index in [1.807, 2.05) is 23.5 Å². The van der Waals surface area contributed by atoms with Crippen molar-refractivity contribution in [2.24, 2.45) is 0 Å². The van der Waals surface area contributed by atoms with Gasteiger partial charge in [-0.25, -0.2) is 0 Å². The van der Waals surface area contributed by atoms with Crippen LogP contribution in [-0.4, -0.2) is 11.5 Å². The summed E-state index contributed by atoms with van der Waals surface area (Å²) in [6.07, 6.45) is 0.876. The lowest BCUT2D eigenvalue weighted by Crippen LogP contribution is -2.15. The van der Waals surface area contributed by atoms with E-state index in [1.165, 1.54) is 15.3 Å². The second-order valence-electron chi connectivity index (χ2n) is 4.80. The van der Waals surface area contributed by atoms with Crippen LogP contribution in [0.3, 0.4) is 0 Å². The maximum absolute atomic E-state index is 10.6. The Morgan fingerprint density at radius 1 is 1.25 bits per heavy atom. The van der Waals surface area contributed by atoms with Crippen LogP contribution in [0.2, 0.25) is 0 Å². The van der Waals surface area contributed by atoms with Crippen LogP contribution in [0.25, 0.3) is 0 Å². The van der Waals surface area contributed by atoms with Crippen molar-refractivity contribution in [1.82, 2.24) is 5.32 Å². The highest BCUT2D eigenvalue weighted by atomic mass is 32.1. The first-order valence-corrected chi connectivity index (χ1v) is 7.38. The van der Waals surface area contributed by atoms with Gasteiger partial charge in [-0.15, -0.1) is 11.3 Å². The number of nitro groups is 1. The van der Waals surface area contributed by atoms with Gasteiger partial charge in [0.25, 0.3) is 5.69 Å². The van der Waals surface area contributed by atoms with Gasteiger partial charge < -0.3 is 5.32 Å². The third-order valence-corrected chi connectivity index (χ3v) is 4.41. The van der Waals surface area contributed by atoms with E-state index in [9.17, 15) is 10.1 Å². The molecule has 20 heavy (non-hydrogen) atoms. The summed E-state index contributed by atoms with van der Waals surface area (Å²) < 4.78 is 0. The normalized spacial score (nSPS) is 10.7. The fourth-order valence-electron chi connectivity index (χ4n) is 1.97. The van der Waals surface area contributed by atoms with Crippen LogP contribution in [-0.2, 0) is 13.0 Å². The number of nitrogens with one attached hydrogen (secondary N) is 1. The van der Waals surface area contributed by atoms with E-state index in [0.29, 0.717) is 0 Å². The minimum absolute atomic E-state index is 0.145. The number of nitro benzene ring substituents is 1. The number of hydrogen-bond donors (Lipinski definition) is 1. The Labute approximate surface area is 122 Å². The van der Waals surface area contributed by atoms with Gasteiger partial charge in [0.2, 0.25) is 0 Å². The Hall–Kier alpha value is -1.72. The molecule has 1 aromatic heterocycles. The fraction of sp³-hybridized carbons (Fsp3) is 0.333. The Morgan fingerprint density at radius 2 is 1.95 bits per heavy atom. The summed E-state index contributed by atoms with van der Waals surface area (Å²) >= 11 is 1.83. The van der Waals surface area contributed by atoms with Crippen LogP contribution < -0.4 is 5.32 Å². The van der Waals surface area contributed by atoms with E-state index < -0.39 is 0 Å². The van der Waals surface area contributed by atoms with Crippen molar-refractivity contribution in [3.63, 3.8) is 0 Å². The van der Waals surface area contributed by atoms with Crippen molar-refractivity contribution in [3.8, 4) is 0 Å². The predicted octanol–water partition coefficient (Wildman–Crippen LogP) is 3.61. The van der Waals surface area contributed by atoms with E-state index in [4.69, 9.17) is 0 Å². The molecule has 0 spiro atoms. The maximum Gasteiger partial charge on any atom is 0.269 e. The van der Waals surface area contributed by atoms with Crippen LogP contribution >= 0.6 is 11.3 Å². The van der Waals surface area contributed by atoms with Gasteiger partial charge >= 0.3 is 0 Å². The molecule has 0 bridgehead atoms. The smallest absolute Gasteiger partial charge is 0.269 e. The Morgan fingerprint density at radius 3 is 2.50 bits per heavy atom.